The number of halogens is 3. The summed E-state index contributed by atoms with van der Waals surface area (Å²) in [5, 5.41) is 18.0. The van der Waals surface area contributed by atoms with Crippen molar-refractivity contribution in [2.24, 2.45) is 0 Å². The molecule has 1 fully saturated rings. The highest BCUT2D eigenvalue weighted by Crippen LogP contribution is 2.32. The van der Waals surface area contributed by atoms with E-state index in [0.717, 1.165) is 56.5 Å². The number of rotatable bonds is 13. The topological polar surface area (TPSA) is 90.3 Å². The zero-order chi connectivity index (χ0) is 24.5. The number of nitrogens with zero attached hydrogens (tertiary/aromatic N) is 2. The molecule has 0 spiro atoms. The van der Waals surface area contributed by atoms with Crippen molar-refractivity contribution in [3.05, 3.63) is 29.8 Å². The zero-order valence-electron chi connectivity index (χ0n) is 19.0. The average molecular weight is 497 g/mol. The molecule has 190 valence electrons. The maximum atomic E-state index is 12.8. The normalized spacial score (nSPS) is 20.0. The Kier molecular flexibility index (Phi) is 11.0. The third-order valence-corrected chi connectivity index (χ3v) is 8.00. The van der Waals surface area contributed by atoms with Gasteiger partial charge in [-0.2, -0.15) is 17.5 Å². The van der Waals surface area contributed by atoms with Gasteiger partial charge in [0.05, 0.1) is 29.8 Å². The van der Waals surface area contributed by atoms with Crippen LogP contribution in [0.1, 0.15) is 44.1 Å². The Morgan fingerprint density at radius 3 is 2.06 bits per heavy atom. The summed E-state index contributed by atoms with van der Waals surface area (Å²) >= 11 is 0. The van der Waals surface area contributed by atoms with Crippen LogP contribution < -0.4 is 0 Å². The highest BCUT2D eigenvalue weighted by Gasteiger charge is 2.34. The Balaban J connectivity index is 1.76. The number of ether oxygens (including phenoxy) is 1. The second-order valence-corrected chi connectivity index (χ2v) is 10.3. The van der Waals surface area contributed by atoms with E-state index in [-0.39, 0.29) is 30.3 Å². The lowest BCUT2D eigenvalue weighted by atomic mass is 9.93. The van der Waals surface area contributed by atoms with Gasteiger partial charge in [0.2, 0.25) is 10.0 Å². The SMILES string of the molecule is CN(C1CCC(OCCCCN(CCO)CCO)CC1)S(=O)(=O)c1ccc(C(F)(F)F)cc1. The van der Waals surface area contributed by atoms with Gasteiger partial charge in [0, 0.05) is 32.8 Å². The molecule has 1 aliphatic carbocycles. The molecule has 0 saturated heterocycles. The molecule has 0 atom stereocenters. The number of unbranched alkanes of at least 4 members (excludes halogenated alkanes) is 1. The summed E-state index contributed by atoms with van der Waals surface area (Å²) < 4.78 is 71.1. The number of aliphatic hydroxyl groups excluding tert-OH is 2. The van der Waals surface area contributed by atoms with Gasteiger partial charge in [-0.15, -0.1) is 0 Å². The van der Waals surface area contributed by atoms with E-state index < -0.39 is 21.8 Å². The van der Waals surface area contributed by atoms with Crippen LogP contribution in [0.3, 0.4) is 0 Å². The van der Waals surface area contributed by atoms with E-state index in [1.807, 2.05) is 4.90 Å². The fourth-order valence-corrected chi connectivity index (χ4v) is 5.48. The quantitative estimate of drug-likeness (QED) is 0.408. The maximum absolute atomic E-state index is 12.8. The van der Waals surface area contributed by atoms with E-state index in [9.17, 15) is 21.6 Å². The number of alkyl halides is 3. The molecule has 1 aromatic carbocycles. The molecule has 1 aromatic rings. The molecule has 33 heavy (non-hydrogen) atoms. The van der Waals surface area contributed by atoms with Gasteiger partial charge in [0.25, 0.3) is 0 Å². The van der Waals surface area contributed by atoms with Crippen LogP contribution >= 0.6 is 0 Å². The molecule has 1 aliphatic rings. The fraction of sp³-hybridized carbons (Fsp3) is 0.727. The van der Waals surface area contributed by atoms with Crippen LogP contribution in [0.2, 0.25) is 0 Å². The Morgan fingerprint density at radius 2 is 1.55 bits per heavy atom. The van der Waals surface area contributed by atoms with Crippen LogP contribution in [-0.2, 0) is 20.9 Å². The zero-order valence-corrected chi connectivity index (χ0v) is 19.8. The molecule has 0 aliphatic heterocycles. The number of hydrogen-bond donors (Lipinski definition) is 2. The second kappa shape index (κ2) is 13.0. The predicted octanol–water partition coefficient (Wildman–Crippen LogP) is 2.72. The summed E-state index contributed by atoms with van der Waals surface area (Å²) in [6, 6.07) is 3.37. The van der Waals surface area contributed by atoms with Crippen molar-refractivity contribution in [3.63, 3.8) is 0 Å². The summed E-state index contributed by atoms with van der Waals surface area (Å²) in [4.78, 5) is 1.85. The molecule has 11 heteroatoms. The first-order valence-electron chi connectivity index (χ1n) is 11.3. The average Bonchev–Trinajstić information content (AvgIpc) is 2.78. The van der Waals surface area contributed by atoms with Crippen LogP contribution in [0.4, 0.5) is 13.2 Å². The van der Waals surface area contributed by atoms with Gasteiger partial charge in [-0.05, 0) is 69.3 Å². The summed E-state index contributed by atoms with van der Waals surface area (Å²) in [5.41, 5.74) is -0.878. The number of benzene rings is 1. The van der Waals surface area contributed by atoms with Crippen molar-refractivity contribution >= 4 is 10.0 Å². The van der Waals surface area contributed by atoms with Crippen molar-refractivity contribution in [2.45, 2.75) is 61.7 Å². The minimum atomic E-state index is -4.51. The lowest BCUT2D eigenvalue weighted by molar-refractivity contribution is -0.137. The van der Waals surface area contributed by atoms with Crippen LogP contribution in [0.25, 0.3) is 0 Å². The lowest BCUT2D eigenvalue weighted by Crippen LogP contribution is -2.40. The first kappa shape index (κ1) is 28.0. The molecule has 0 aromatic heterocycles. The standard InChI is InChI=1S/C22H35F3N2O5S/c1-26(33(30,31)21-10-4-18(5-11-21)22(23,24)25)19-6-8-20(9-7-19)32-17-3-2-12-27(13-15-28)14-16-29/h4-5,10-11,19-20,28-29H,2-3,6-9,12-17H2,1H3. The monoisotopic (exact) mass is 496 g/mol. The molecule has 7 nitrogen and oxygen atoms in total. The molecule has 0 amide bonds. The fourth-order valence-electron chi connectivity index (χ4n) is 4.06. The Hall–Kier alpha value is -1.24. The van der Waals surface area contributed by atoms with E-state index in [2.05, 4.69) is 0 Å². The summed E-state index contributed by atoms with van der Waals surface area (Å²) in [6.07, 6.45) is -0.000463. The number of sulfonamides is 1. The largest absolute Gasteiger partial charge is 0.416 e. The molecule has 1 saturated carbocycles. The van der Waals surface area contributed by atoms with Crippen molar-refractivity contribution in [1.82, 2.24) is 9.21 Å². The first-order valence-corrected chi connectivity index (χ1v) is 12.7. The molecule has 0 bridgehead atoms. The van der Waals surface area contributed by atoms with Crippen LogP contribution in [0.15, 0.2) is 29.2 Å². The molecular weight excluding hydrogens is 461 g/mol. The minimum absolute atomic E-state index is 0.0583. The first-order chi connectivity index (χ1) is 15.6. The van der Waals surface area contributed by atoms with Crippen molar-refractivity contribution < 1.29 is 36.5 Å². The summed E-state index contributed by atoms with van der Waals surface area (Å²) in [7, 11) is -2.40. The Morgan fingerprint density at radius 1 is 0.970 bits per heavy atom. The molecule has 2 N–H and O–H groups in total. The van der Waals surface area contributed by atoms with Crippen molar-refractivity contribution in [3.8, 4) is 0 Å². The highest BCUT2D eigenvalue weighted by atomic mass is 32.2. The van der Waals surface area contributed by atoms with Crippen molar-refractivity contribution in [1.29, 1.82) is 0 Å². The van der Waals surface area contributed by atoms with E-state index in [4.69, 9.17) is 14.9 Å². The summed E-state index contributed by atoms with van der Waals surface area (Å²) in [6.45, 7) is 2.57. The third-order valence-electron chi connectivity index (χ3n) is 6.07. The molecule has 0 heterocycles. The molecule has 0 unspecified atom stereocenters. The van der Waals surface area contributed by atoms with Gasteiger partial charge in [-0.1, -0.05) is 0 Å². The maximum Gasteiger partial charge on any atom is 0.416 e. The van der Waals surface area contributed by atoms with Crippen LogP contribution in [0.5, 0.6) is 0 Å². The lowest BCUT2D eigenvalue weighted by Gasteiger charge is -2.34. The second-order valence-electron chi connectivity index (χ2n) is 8.34. The molecular formula is C22H35F3N2O5S. The third kappa shape index (κ3) is 8.48. The Bertz CT molecular complexity index is 791. The minimum Gasteiger partial charge on any atom is -0.395 e. The van der Waals surface area contributed by atoms with Gasteiger partial charge in [0.15, 0.2) is 0 Å². The van der Waals surface area contributed by atoms with E-state index in [1.54, 1.807) is 0 Å². The Labute approximate surface area is 194 Å². The van der Waals surface area contributed by atoms with Gasteiger partial charge in [-0.3, -0.25) is 4.90 Å². The van der Waals surface area contributed by atoms with Crippen LogP contribution in [-0.4, -0.2) is 86.5 Å². The van der Waals surface area contributed by atoms with Gasteiger partial charge < -0.3 is 14.9 Å². The smallest absolute Gasteiger partial charge is 0.395 e. The van der Waals surface area contributed by atoms with Gasteiger partial charge in [-0.25, -0.2) is 8.42 Å². The van der Waals surface area contributed by atoms with Crippen LogP contribution in [0, 0.1) is 0 Å². The predicted molar refractivity (Wildman–Crippen MR) is 118 cm³/mol. The van der Waals surface area contributed by atoms with E-state index >= 15 is 0 Å². The highest BCUT2D eigenvalue weighted by molar-refractivity contribution is 7.89. The van der Waals surface area contributed by atoms with Gasteiger partial charge in [0.1, 0.15) is 0 Å². The number of aliphatic hydroxyl groups is 2. The number of hydrogen-bond acceptors (Lipinski definition) is 6. The van der Waals surface area contributed by atoms with Crippen molar-refractivity contribution in [2.75, 3.05) is 46.5 Å². The molecule has 0 radical (unpaired) electrons. The van der Waals surface area contributed by atoms with E-state index in [1.165, 1.54) is 11.4 Å². The van der Waals surface area contributed by atoms with E-state index in [0.29, 0.717) is 32.5 Å². The van der Waals surface area contributed by atoms with Gasteiger partial charge >= 0.3 is 6.18 Å². The summed E-state index contributed by atoms with van der Waals surface area (Å²) in [5.74, 6) is 0. The molecule has 2 rings (SSSR count).